The number of benzene rings is 1. The highest BCUT2D eigenvalue weighted by atomic mass is 32.2. The van der Waals surface area contributed by atoms with Crippen LogP contribution in [0.1, 0.15) is 15.2 Å². The molecule has 0 unspecified atom stereocenters. The summed E-state index contributed by atoms with van der Waals surface area (Å²) in [4.78, 5) is 26.7. The Hall–Kier alpha value is -2.10. The van der Waals surface area contributed by atoms with Crippen LogP contribution in [0.3, 0.4) is 0 Å². The molecule has 1 aliphatic heterocycles. The predicted octanol–water partition coefficient (Wildman–Crippen LogP) is 3.16. The van der Waals surface area contributed by atoms with Crippen LogP contribution in [0.25, 0.3) is 0 Å². The number of ether oxygens (including phenoxy) is 1. The van der Waals surface area contributed by atoms with Gasteiger partial charge in [-0.1, -0.05) is 6.07 Å². The molecule has 0 atom stereocenters. The lowest BCUT2D eigenvalue weighted by Crippen LogP contribution is -2.38. The van der Waals surface area contributed by atoms with Gasteiger partial charge in [-0.25, -0.2) is 0 Å². The molecule has 0 saturated carbocycles. The first kappa shape index (κ1) is 19.7. The number of nitro groups is 1. The predicted molar refractivity (Wildman–Crippen MR) is 109 cm³/mol. The van der Waals surface area contributed by atoms with E-state index in [-0.39, 0.29) is 11.6 Å². The number of thiophene rings is 1. The van der Waals surface area contributed by atoms with Crippen LogP contribution in [-0.4, -0.2) is 49.4 Å². The van der Waals surface area contributed by atoms with E-state index >= 15 is 0 Å². The van der Waals surface area contributed by atoms with Gasteiger partial charge in [0.05, 0.1) is 29.4 Å². The van der Waals surface area contributed by atoms with Gasteiger partial charge in [0, 0.05) is 48.1 Å². The normalized spacial score (nSPS) is 14.1. The fraction of sp³-hybridized carbons (Fsp3) is 0.389. The molecule has 1 amide bonds. The van der Waals surface area contributed by atoms with Gasteiger partial charge in [0.25, 0.3) is 11.6 Å². The number of anilines is 1. The summed E-state index contributed by atoms with van der Waals surface area (Å²) < 4.78 is 5.35. The zero-order valence-electron chi connectivity index (χ0n) is 14.8. The van der Waals surface area contributed by atoms with Crippen molar-refractivity contribution in [2.24, 2.45) is 0 Å². The monoisotopic (exact) mass is 407 g/mol. The molecule has 27 heavy (non-hydrogen) atoms. The minimum absolute atomic E-state index is 0.0794. The number of amides is 1. The van der Waals surface area contributed by atoms with E-state index in [0.29, 0.717) is 44.1 Å². The van der Waals surface area contributed by atoms with E-state index in [2.05, 4.69) is 11.4 Å². The Morgan fingerprint density at radius 2 is 2.15 bits per heavy atom. The average Bonchev–Trinajstić information content (AvgIpc) is 3.21. The van der Waals surface area contributed by atoms with E-state index < -0.39 is 4.92 Å². The summed E-state index contributed by atoms with van der Waals surface area (Å²) in [7, 11) is 0. The zero-order chi connectivity index (χ0) is 19.1. The van der Waals surface area contributed by atoms with Crippen LogP contribution >= 0.6 is 23.1 Å². The molecule has 1 aromatic heterocycles. The van der Waals surface area contributed by atoms with Crippen LogP contribution in [-0.2, 0) is 10.5 Å². The van der Waals surface area contributed by atoms with Gasteiger partial charge in [-0.3, -0.25) is 14.9 Å². The topological polar surface area (TPSA) is 84.7 Å². The Morgan fingerprint density at radius 1 is 1.33 bits per heavy atom. The first-order valence-electron chi connectivity index (χ1n) is 8.64. The molecule has 0 spiro atoms. The number of rotatable bonds is 8. The van der Waals surface area contributed by atoms with Crippen molar-refractivity contribution in [2.75, 3.05) is 43.5 Å². The number of hydrogen-bond donors (Lipinski definition) is 1. The highest BCUT2D eigenvalue weighted by molar-refractivity contribution is 7.98. The van der Waals surface area contributed by atoms with Crippen LogP contribution in [0.4, 0.5) is 11.4 Å². The lowest BCUT2D eigenvalue weighted by molar-refractivity contribution is -0.384. The molecule has 7 nitrogen and oxygen atoms in total. The number of nitrogens with one attached hydrogen (secondary N) is 1. The summed E-state index contributed by atoms with van der Waals surface area (Å²) in [6.07, 6.45) is 0. The van der Waals surface area contributed by atoms with Crippen molar-refractivity contribution < 1.29 is 14.5 Å². The largest absolute Gasteiger partial charge is 0.378 e. The molecule has 0 aliphatic carbocycles. The number of carbonyl (C=O) groups is 1. The zero-order valence-corrected chi connectivity index (χ0v) is 16.4. The van der Waals surface area contributed by atoms with Crippen molar-refractivity contribution in [1.82, 2.24) is 5.32 Å². The van der Waals surface area contributed by atoms with E-state index in [1.54, 1.807) is 29.2 Å². The summed E-state index contributed by atoms with van der Waals surface area (Å²) in [6.45, 7) is 3.00. The van der Waals surface area contributed by atoms with Gasteiger partial charge >= 0.3 is 0 Å². The Morgan fingerprint density at radius 3 is 2.85 bits per heavy atom. The van der Waals surface area contributed by atoms with Gasteiger partial charge in [0.1, 0.15) is 0 Å². The summed E-state index contributed by atoms with van der Waals surface area (Å²) >= 11 is 3.47. The van der Waals surface area contributed by atoms with Crippen molar-refractivity contribution in [2.45, 2.75) is 5.75 Å². The second kappa shape index (κ2) is 9.72. The fourth-order valence-corrected chi connectivity index (χ4v) is 4.50. The molecule has 1 aliphatic rings. The molecule has 0 radical (unpaired) electrons. The summed E-state index contributed by atoms with van der Waals surface area (Å²) in [5.41, 5.74) is 0.978. The van der Waals surface area contributed by atoms with Crippen LogP contribution < -0.4 is 10.2 Å². The van der Waals surface area contributed by atoms with E-state index in [4.69, 9.17) is 4.74 Å². The van der Waals surface area contributed by atoms with Crippen LogP contribution in [0.5, 0.6) is 0 Å². The molecule has 2 heterocycles. The van der Waals surface area contributed by atoms with Crippen molar-refractivity contribution in [3.8, 4) is 0 Å². The number of nitro benzene ring substituents is 1. The number of morpholine rings is 1. The first-order chi connectivity index (χ1) is 13.1. The lowest BCUT2D eigenvalue weighted by atomic mass is 10.1. The molecule has 1 fully saturated rings. The quantitative estimate of drug-likeness (QED) is 0.411. The smallest absolute Gasteiger partial charge is 0.270 e. The molecule has 1 N–H and O–H groups in total. The molecular weight excluding hydrogens is 386 g/mol. The minimum Gasteiger partial charge on any atom is -0.378 e. The molecule has 9 heteroatoms. The van der Waals surface area contributed by atoms with Gasteiger partial charge < -0.3 is 15.0 Å². The summed E-state index contributed by atoms with van der Waals surface area (Å²) in [6, 6.07) is 8.58. The van der Waals surface area contributed by atoms with Gasteiger partial charge in [0.15, 0.2) is 0 Å². The summed E-state index contributed by atoms with van der Waals surface area (Å²) in [5, 5.41) is 16.0. The van der Waals surface area contributed by atoms with Crippen molar-refractivity contribution in [3.05, 3.63) is 56.3 Å². The third kappa shape index (κ3) is 5.44. The molecule has 144 valence electrons. The Balaban J connectivity index is 1.62. The van der Waals surface area contributed by atoms with Gasteiger partial charge in [-0.05, 0) is 17.5 Å². The number of nitrogens with zero attached hydrogens (tertiary/aromatic N) is 2. The van der Waals surface area contributed by atoms with Crippen molar-refractivity contribution in [3.63, 3.8) is 0 Å². The van der Waals surface area contributed by atoms with Crippen molar-refractivity contribution in [1.29, 1.82) is 0 Å². The molecule has 1 aromatic carbocycles. The number of thioether (sulfide) groups is 1. The Bertz CT molecular complexity index is 777. The second-order valence-electron chi connectivity index (χ2n) is 5.95. The molecule has 0 bridgehead atoms. The van der Waals surface area contributed by atoms with Gasteiger partial charge in [-0.15, -0.1) is 11.3 Å². The second-order valence-corrected chi connectivity index (χ2v) is 8.08. The van der Waals surface area contributed by atoms with Gasteiger partial charge in [0.2, 0.25) is 0 Å². The minimum atomic E-state index is -0.475. The fourth-order valence-electron chi connectivity index (χ4n) is 2.80. The molecule has 2 aromatic rings. The lowest BCUT2D eigenvalue weighted by Gasteiger charge is -2.30. The Kier molecular flexibility index (Phi) is 7.08. The van der Waals surface area contributed by atoms with Gasteiger partial charge in [-0.2, -0.15) is 11.8 Å². The Labute approximate surface area is 165 Å². The van der Waals surface area contributed by atoms with Crippen molar-refractivity contribution >= 4 is 40.4 Å². The average molecular weight is 408 g/mol. The third-order valence-corrected chi connectivity index (χ3v) is 6.21. The van der Waals surface area contributed by atoms with Crippen LogP contribution in [0.2, 0.25) is 0 Å². The van der Waals surface area contributed by atoms with Crippen LogP contribution in [0.15, 0.2) is 35.7 Å². The number of hydrogen-bond acceptors (Lipinski definition) is 7. The maximum Gasteiger partial charge on any atom is 0.270 e. The van der Waals surface area contributed by atoms with E-state index in [1.807, 2.05) is 16.3 Å². The van der Waals surface area contributed by atoms with E-state index in [0.717, 1.165) is 11.5 Å². The SMILES string of the molecule is O=C(NCCSCc1cccs1)c1cc([N+](=O)[O-])ccc1N1CCOCC1. The summed E-state index contributed by atoms with van der Waals surface area (Å²) in [5.74, 6) is 1.42. The highest BCUT2D eigenvalue weighted by Gasteiger charge is 2.21. The first-order valence-corrected chi connectivity index (χ1v) is 10.7. The highest BCUT2D eigenvalue weighted by Crippen LogP contribution is 2.26. The van der Waals surface area contributed by atoms with Crippen LogP contribution in [0, 0.1) is 10.1 Å². The maximum atomic E-state index is 12.7. The van der Waals surface area contributed by atoms with E-state index in [1.165, 1.54) is 17.0 Å². The van der Waals surface area contributed by atoms with E-state index in [9.17, 15) is 14.9 Å². The molecule has 3 rings (SSSR count). The molecular formula is C18H21N3O4S2. The third-order valence-electron chi connectivity index (χ3n) is 4.14. The number of carbonyl (C=O) groups excluding carboxylic acids is 1. The standard InChI is InChI=1S/C18H21N3O4S2/c22-18(19-5-11-26-13-15-2-1-10-27-15)16-12-14(21(23)24)3-4-17(16)20-6-8-25-9-7-20/h1-4,10,12H,5-9,11,13H2,(H,19,22). The molecule has 1 saturated heterocycles. The number of non-ortho nitro benzene ring substituents is 1. The maximum absolute atomic E-state index is 12.7.